The summed E-state index contributed by atoms with van der Waals surface area (Å²) in [6.07, 6.45) is 7.38. The van der Waals surface area contributed by atoms with Gasteiger partial charge in [0.15, 0.2) is 7.49 Å². The van der Waals surface area contributed by atoms with E-state index in [0.717, 1.165) is 43.7 Å². The van der Waals surface area contributed by atoms with Crippen molar-refractivity contribution in [3.05, 3.63) is 29.5 Å². The third-order valence-electron chi connectivity index (χ3n) is 3.10. The van der Waals surface area contributed by atoms with Gasteiger partial charge in [-0.3, -0.25) is 0 Å². The van der Waals surface area contributed by atoms with E-state index < -0.39 is 21.5 Å². The molecule has 8 heteroatoms. The fourth-order valence-electron chi connectivity index (χ4n) is 1.97. The van der Waals surface area contributed by atoms with Crippen molar-refractivity contribution in [2.45, 2.75) is 39.0 Å². The van der Waals surface area contributed by atoms with E-state index in [1.807, 2.05) is 0 Å². The molecule has 0 fully saturated rings. The minimum atomic E-state index is -2.76. The Morgan fingerprint density at radius 3 is 2.64 bits per heavy atom. The lowest BCUT2D eigenvalue weighted by Crippen LogP contribution is -2.07. The van der Waals surface area contributed by atoms with Crippen molar-refractivity contribution >= 4 is 33.0 Å². The van der Waals surface area contributed by atoms with Gasteiger partial charge in [0.05, 0.1) is 5.69 Å². The molecule has 0 spiro atoms. The quantitative estimate of drug-likeness (QED) is 0.361. The Bertz CT molecular complexity index is 560. The number of aryl methyl sites for hydroxylation is 1. The second-order valence-electron chi connectivity index (χ2n) is 4.82. The van der Waals surface area contributed by atoms with Crippen LogP contribution in [0.4, 0.5) is 0 Å². The molecule has 122 valence electrons. The molecule has 0 bridgehead atoms. The molecule has 3 N–H and O–H groups in total. The van der Waals surface area contributed by atoms with Crippen LogP contribution in [0.25, 0.3) is 6.08 Å². The molecule has 0 saturated carbocycles. The monoisotopic (exact) mass is 345 g/mol. The van der Waals surface area contributed by atoms with Crippen molar-refractivity contribution in [3.63, 3.8) is 0 Å². The van der Waals surface area contributed by atoms with Crippen LogP contribution in [0.5, 0.6) is 0 Å². The van der Waals surface area contributed by atoms with Gasteiger partial charge < -0.3 is 19.5 Å². The number of rotatable bonds is 9. The van der Waals surface area contributed by atoms with E-state index in [0.29, 0.717) is 5.69 Å². The normalized spacial score (nSPS) is 12.9. The van der Waals surface area contributed by atoms with Gasteiger partial charge in [-0.15, -0.1) is 0 Å². The van der Waals surface area contributed by atoms with Crippen LogP contribution in [-0.4, -0.2) is 25.8 Å². The first-order valence-corrected chi connectivity index (χ1v) is 10.6. The maximum absolute atomic E-state index is 11.8. The Labute approximate surface area is 131 Å². The van der Waals surface area contributed by atoms with Crippen molar-refractivity contribution in [1.29, 1.82) is 0 Å². The highest BCUT2D eigenvalue weighted by atomic mass is 32.1. The van der Waals surface area contributed by atoms with Gasteiger partial charge in [-0.05, 0) is 30.5 Å². The Hall–Kier alpha value is -1.06. The molecule has 0 radical (unpaired) electrons. The van der Waals surface area contributed by atoms with Crippen molar-refractivity contribution in [1.82, 2.24) is 4.98 Å². The largest absolute Gasteiger partial charge is 0.478 e. The van der Waals surface area contributed by atoms with Crippen molar-refractivity contribution in [2.75, 3.05) is 0 Å². The standard InChI is InChI=1S/C14H21NO5P2/c1-2-3-4-5-6-11-7-9-13(21(18)22(19)20)15-12(11)8-10-14(16)17/h7-10,19-21H,2-6H2,1H3,(H,16,17). The van der Waals surface area contributed by atoms with Crippen LogP contribution in [0, 0.1) is 0 Å². The molecule has 0 aliphatic carbocycles. The Morgan fingerprint density at radius 2 is 2.05 bits per heavy atom. The van der Waals surface area contributed by atoms with Crippen LogP contribution in [0.15, 0.2) is 18.2 Å². The molecular formula is C14H21NO5P2. The van der Waals surface area contributed by atoms with Crippen molar-refractivity contribution in [2.24, 2.45) is 0 Å². The van der Waals surface area contributed by atoms with Crippen LogP contribution in [0.1, 0.15) is 43.9 Å². The lowest BCUT2D eigenvalue weighted by molar-refractivity contribution is -0.131. The van der Waals surface area contributed by atoms with E-state index in [-0.39, 0.29) is 5.44 Å². The molecule has 0 aromatic carbocycles. The fraction of sp³-hybridized carbons (Fsp3) is 0.429. The molecule has 0 aliphatic heterocycles. The van der Waals surface area contributed by atoms with E-state index >= 15 is 0 Å². The SMILES string of the molecule is CCCCCCc1ccc([PH](=O)P(O)O)nc1C=CC(=O)O. The number of pyridine rings is 1. The minimum absolute atomic E-state index is 0.114. The summed E-state index contributed by atoms with van der Waals surface area (Å²) in [7, 11) is -5.31. The Morgan fingerprint density at radius 1 is 1.32 bits per heavy atom. The van der Waals surface area contributed by atoms with Gasteiger partial charge in [-0.2, -0.15) is 0 Å². The smallest absolute Gasteiger partial charge is 0.328 e. The number of hydrogen-bond donors (Lipinski definition) is 3. The summed E-state index contributed by atoms with van der Waals surface area (Å²) in [5, 5.41) is 8.73. The maximum Gasteiger partial charge on any atom is 0.328 e. The van der Waals surface area contributed by atoms with Gasteiger partial charge in [-0.25, -0.2) is 9.78 Å². The average Bonchev–Trinajstić information content (AvgIpc) is 2.49. The Kier molecular flexibility index (Phi) is 8.51. The first-order chi connectivity index (χ1) is 10.5. The predicted molar refractivity (Wildman–Crippen MR) is 88.7 cm³/mol. The summed E-state index contributed by atoms with van der Waals surface area (Å²) in [6.45, 7) is 2.12. The molecule has 0 amide bonds. The van der Waals surface area contributed by atoms with Crippen LogP contribution < -0.4 is 5.44 Å². The molecule has 1 aromatic heterocycles. The number of nitrogens with zero attached hydrogens (tertiary/aromatic N) is 1. The predicted octanol–water partition coefficient (Wildman–Crippen LogP) is 2.70. The van der Waals surface area contributed by atoms with Crippen LogP contribution in [-0.2, 0) is 15.8 Å². The van der Waals surface area contributed by atoms with Gasteiger partial charge in [0.25, 0.3) is 0 Å². The highest BCUT2D eigenvalue weighted by molar-refractivity contribution is 8.22. The second kappa shape index (κ2) is 9.86. The van der Waals surface area contributed by atoms with Gasteiger partial charge in [0.1, 0.15) is 5.44 Å². The van der Waals surface area contributed by atoms with Gasteiger partial charge in [-0.1, -0.05) is 32.3 Å². The first kappa shape index (κ1) is 19.0. The topological polar surface area (TPSA) is 108 Å². The number of unbranched alkanes of at least 4 members (excludes halogenated alkanes) is 3. The zero-order valence-corrected chi connectivity index (χ0v) is 14.3. The van der Waals surface area contributed by atoms with E-state index in [9.17, 15) is 9.36 Å². The minimum Gasteiger partial charge on any atom is -0.478 e. The number of carboxylic acid groups (broad SMARTS) is 1. The molecule has 1 atom stereocenters. The zero-order valence-electron chi connectivity index (χ0n) is 12.4. The lowest BCUT2D eigenvalue weighted by Gasteiger charge is -2.09. The number of carbonyl (C=O) groups is 1. The van der Waals surface area contributed by atoms with Crippen molar-refractivity contribution < 1.29 is 24.3 Å². The highest BCUT2D eigenvalue weighted by Crippen LogP contribution is 2.52. The third-order valence-corrected chi connectivity index (χ3v) is 5.95. The number of aromatic nitrogens is 1. The van der Waals surface area contributed by atoms with E-state index in [1.165, 1.54) is 12.1 Å². The summed E-state index contributed by atoms with van der Waals surface area (Å²) in [5.41, 5.74) is 1.41. The molecule has 6 nitrogen and oxygen atoms in total. The number of hydrogen-bond acceptors (Lipinski definition) is 5. The summed E-state index contributed by atoms with van der Waals surface area (Å²) < 4.78 is 11.8. The molecule has 0 saturated heterocycles. The summed E-state index contributed by atoms with van der Waals surface area (Å²) in [6, 6.07) is 3.26. The molecule has 1 unspecified atom stereocenters. The Balaban J connectivity index is 2.99. The third kappa shape index (κ3) is 6.37. The van der Waals surface area contributed by atoms with Crippen molar-refractivity contribution in [3.8, 4) is 0 Å². The van der Waals surface area contributed by atoms with Gasteiger partial charge in [0, 0.05) is 6.08 Å². The summed E-state index contributed by atoms with van der Waals surface area (Å²) in [5.74, 6) is -1.09. The zero-order chi connectivity index (χ0) is 16.5. The molecule has 1 heterocycles. The van der Waals surface area contributed by atoms with Gasteiger partial charge >= 0.3 is 5.97 Å². The van der Waals surface area contributed by atoms with Crippen LogP contribution in [0.2, 0.25) is 0 Å². The highest BCUT2D eigenvalue weighted by Gasteiger charge is 2.16. The number of carboxylic acids is 1. The lowest BCUT2D eigenvalue weighted by atomic mass is 10.0. The van der Waals surface area contributed by atoms with E-state index in [2.05, 4.69) is 11.9 Å². The van der Waals surface area contributed by atoms with Crippen LogP contribution in [0.3, 0.4) is 0 Å². The van der Waals surface area contributed by atoms with Crippen LogP contribution >= 0.6 is 15.6 Å². The maximum atomic E-state index is 11.8. The summed E-state index contributed by atoms with van der Waals surface area (Å²) >= 11 is 0. The molecule has 1 rings (SSSR count). The molecular weight excluding hydrogens is 324 g/mol. The fourth-order valence-corrected chi connectivity index (χ4v) is 3.61. The molecule has 22 heavy (non-hydrogen) atoms. The molecule has 0 aliphatic rings. The first-order valence-electron chi connectivity index (χ1n) is 7.08. The van der Waals surface area contributed by atoms with Gasteiger partial charge in [0.2, 0.25) is 8.06 Å². The summed E-state index contributed by atoms with van der Waals surface area (Å²) in [4.78, 5) is 32.9. The van der Waals surface area contributed by atoms with E-state index in [1.54, 1.807) is 6.07 Å². The second-order valence-corrected chi connectivity index (χ2v) is 8.94. The number of aliphatic carboxylic acids is 1. The van der Waals surface area contributed by atoms with E-state index in [4.69, 9.17) is 14.9 Å². The molecule has 1 aromatic rings. The average molecular weight is 345 g/mol.